The highest BCUT2D eigenvalue weighted by Crippen LogP contribution is 2.41. The van der Waals surface area contributed by atoms with E-state index >= 15 is 0 Å². The predicted molar refractivity (Wildman–Crippen MR) is 111 cm³/mol. The van der Waals surface area contributed by atoms with Crippen LogP contribution >= 0.6 is 0 Å². The van der Waals surface area contributed by atoms with Crippen LogP contribution in [0.4, 0.5) is 0 Å². The summed E-state index contributed by atoms with van der Waals surface area (Å²) < 4.78 is 0. The van der Waals surface area contributed by atoms with E-state index in [9.17, 15) is 0 Å². The monoisotopic (exact) mass is 330 g/mol. The number of benzene rings is 1. The van der Waals surface area contributed by atoms with Crippen LogP contribution in [0.15, 0.2) is 78.4 Å². The van der Waals surface area contributed by atoms with E-state index in [0.717, 1.165) is 25.7 Å². The fraction of sp³-hybridized carbons (Fsp3) is 0.360. The largest absolute Gasteiger partial charge is 0.103 e. The van der Waals surface area contributed by atoms with Crippen molar-refractivity contribution in [1.82, 2.24) is 0 Å². The maximum Gasteiger partial charge on any atom is 0.00947 e. The van der Waals surface area contributed by atoms with Crippen LogP contribution in [0, 0.1) is 5.92 Å². The molecule has 0 bridgehead atoms. The molecule has 0 heterocycles. The quantitative estimate of drug-likeness (QED) is 0.485. The first-order valence-corrected chi connectivity index (χ1v) is 9.46. The van der Waals surface area contributed by atoms with Crippen molar-refractivity contribution in [2.45, 2.75) is 51.9 Å². The van der Waals surface area contributed by atoms with Gasteiger partial charge in [0, 0.05) is 5.92 Å². The predicted octanol–water partition coefficient (Wildman–Crippen LogP) is 7.17. The summed E-state index contributed by atoms with van der Waals surface area (Å²) in [5.41, 5.74) is 7.56. The zero-order valence-electron chi connectivity index (χ0n) is 15.9. The van der Waals surface area contributed by atoms with Crippen molar-refractivity contribution < 1.29 is 0 Å². The van der Waals surface area contributed by atoms with Gasteiger partial charge in [0.05, 0.1) is 0 Å². The Morgan fingerprint density at radius 1 is 1.08 bits per heavy atom. The molecule has 1 aromatic carbocycles. The second kappa shape index (κ2) is 7.44. The molecule has 0 spiro atoms. The second-order valence-electron chi connectivity index (χ2n) is 8.23. The highest BCUT2D eigenvalue weighted by atomic mass is 14.3. The topological polar surface area (TPSA) is 0 Å². The summed E-state index contributed by atoms with van der Waals surface area (Å²) in [5, 5.41) is 0. The highest BCUT2D eigenvalue weighted by Gasteiger charge is 2.25. The number of rotatable bonds is 6. The molecule has 1 unspecified atom stereocenters. The average Bonchev–Trinajstić information content (AvgIpc) is 3.23. The average molecular weight is 331 g/mol. The van der Waals surface area contributed by atoms with Gasteiger partial charge in [0.25, 0.3) is 0 Å². The van der Waals surface area contributed by atoms with Gasteiger partial charge < -0.3 is 0 Å². The lowest BCUT2D eigenvalue weighted by molar-refractivity contribution is 0.590. The van der Waals surface area contributed by atoms with Gasteiger partial charge in [0.2, 0.25) is 0 Å². The van der Waals surface area contributed by atoms with Crippen molar-refractivity contribution >= 4 is 5.57 Å². The summed E-state index contributed by atoms with van der Waals surface area (Å²) in [6, 6.07) is 9.21. The Hall–Kier alpha value is -2.08. The Morgan fingerprint density at radius 2 is 1.84 bits per heavy atom. The van der Waals surface area contributed by atoms with Gasteiger partial charge in [-0.2, -0.15) is 0 Å². The molecule has 1 aromatic rings. The zero-order valence-corrected chi connectivity index (χ0v) is 15.9. The lowest BCUT2D eigenvalue weighted by atomic mass is 9.82. The van der Waals surface area contributed by atoms with E-state index in [0.29, 0.717) is 5.92 Å². The summed E-state index contributed by atoms with van der Waals surface area (Å²) in [5.74, 6) is 0.520. The minimum Gasteiger partial charge on any atom is -0.103 e. The van der Waals surface area contributed by atoms with Gasteiger partial charge in [0.1, 0.15) is 0 Å². The maximum absolute atomic E-state index is 3.89. The SMILES string of the molecule is C=CCCC1=CC=C(c2ccc(C(C)(C)C)cc2)C1CC1=CC=CC1. The van der Waals surface area contributed by atoms with Crippen molar-refractivity contribution in [2.24, 2.45) is 5.92 Å². The van der Waals surface area contributed by atoms with Crippen LogP contribution in [0.5, 0.6) is 0 Å². The van der Waals surface area contributed by atoms with Gasteiger partial charge in [-0.25, -0.2) is 0 Å². The Kier molecular flexibility index (Phi) is 5.27. The minimum atomic E-state index is 0.204. The van der Waals surface area contributed by atoms with Crippen LogP contribution in [0.2, 0.25) is 0 Å². The van der Waals surface area contributed by atoms with Gasteiger partial charge in [-0.1, -0.05) is 92.6 Å². The van der Waals surface area contributed by atoms with Crippen LogP contribution in [-0.4, -0.2) is 0 Å². The van der Waals surface area contributed by atoms with E-state index in [1.807, 2.05) is 6.08 Å². The summed E-state index contributed by atoms with van der Waals surface area (Å²) in [4.78, 5) is 0. The maximum atomic E-state index is 3.89. The minimum absolute atomic E-state index is 0.204. The molecule has 0 fully saturated rings. The van der Waals surface area contributed by atoms with Crippen molar-refractivity contribution in [1.29, 1.82) is 0 Å². The molecule has 0 N–H and O–H groups in total. The van der Waals surface area contributed by atoms with E-state index in [-0.39, 0.29) is 5.41 Å². The molecule has 25 heavy (non-hydrogen) atoms. The number of allylic oxidation sites excluding steroid dienone is 9. The molecule has 0 aromatic heterocycles. The number of hydrogen-bond donors (Lipinski definition) is 0. The van der Waals surface area contributed by atoms with E-state index in [1.54, 1.807) is 11.1 Å². The van der Waals surface area contributed by atoms with Crippen LogP contribution in [0.1, 0.15) is 57.6 Å². The molecule has 2 aliphatic rings. The van der Waals surface area contributed by atoms with Crippen molar-refractivity contribution in [3.63, 3.8) is 0 Å². The summed E-state index contributed by atoms with van der Waals surface area (Å²) in [7, 11) is 0. The first kappa shape index (κ1) is 17.7. The molecule has 3 rings (SSSR count). The molecular formula is C25H30. The summed E-state index contributed by atoms with van der Waals surface area (Å²) in [6.07, 6.45) is 17.9. The van der Waals surface area contributed by atoms with E-state index < -0.39 is 0 Å². The van der Waals surface area contributed by atoms with Crippen LogP contribution in [-0.2, 0) is 5.41 Å². The first-order valence-electron chi connectivity index (χ1n) is 9.46. The summed E-state index contributed by atoms with van der Waals surface area (Å²) in [6.45, 7) is 10.7. The lowest BCUT2D eigenvalue weighted by Crippen LogP contribution is -2.11. The first-order chi connectivity index (χ1) is 12.0. The fourth-order valence-electron chi connectivity index (χ4n) is 3.76. The van der Waals surface area contributed by atoms with Crippen molar-refractivity contribution in [3.05, 3.63) is 89.6 Å². The van der Waals surface area contributed by atoms with Crippen LogP contribution < -0.4 is 0 Å². The Bertz CT molecular complexity index is 742. The third kappa shape index (κ3) is 4.12. The van der Waals surface area contributed by atoms with Crippen LogP contribution in [0.25, 0.3) is 5.57 Å². The molecule has 0 saturated carbocycles. The second-order valence-corrected chi connectivity index (χ2v) is 8.23. The molecule has 0 nitrogen and oxygen atoms in total. The van der Waals surface area contributed by atoms with Gasteiger partial charge in [-0.05, 0) is 47.8 Å². The molecule has 2 aliphatic carbocycles. The van der Waals surface area contributed by atoms with E-state index in [1.165, 1.54) is 16.7 Å². The van der Waals surface area contributed by atoms with Gasteiger partial charge >= 0.3 is 0 Å². The fourth-order valence-corrected chi connectivity index (χ4v) is 3.76. The van der Waals surface area contributed by atoms with Crippen molar-refractivity contribution in [2.75, 3.05) is 0 Å². The zero-order chi connectivity index (χ0) is 17.9. The van der Waals surface area contributed by atoms with E-state index in [4.69, 9.17) is 0 Å². The molecule has 0 radical (unpaired) electrons. The molecule has 0 aliphatic heterocycles. The Balaban J connectivity index is 1.82. The molecule has 0 heteroatoms. The Labute approximate surface area is 153 Å². The smallest absolute Gasteiger partial charge is 0.00947 e. The van der Waals surface area contributed by atoms with Gasteiger partial charge in [-0.3, -0.25) is 0 Å². The lowest BCUT2D eigenvalue weighted by Gasteiger charge is -2.22. The highest BCUT2D eigenvalue weighted by molar-refractivity contribution is 5.75. The van der Waals surface area contributed by atoms with Gasteiger partial charge in [0.15, 0.2) is 0 Å². The van der Waals surface area contributed by atoms with E-state index in [2.05, 4.69) is 82.0 Å². The van der Waals surface area contributed by atoms with Gasteiger partial charge in [-0.15, -0.1) is 6.58 Å². The normalized spacial score (nSPS) is 19.6. The molecule has 0 amide bonds. The van der Waals surface area contributed by atoms with Crippen LogP contribution in [0.3, 0.4) is 0 Å². The van der Waals surface area contributed by atoms with Crippen molar-refractivity contribution in [3.8, 4) is 0 Å². The molecule has 130 valence electrons. The molecular weight excluding hydrogens is 300 g/mol. The Morgan fingerprint density at radius 3 is 2.44 bits per heavy atom. The number of hydrogen-bond acceptors (Lipinski definition) is 0. The standard InChI is InChI=1S/C25H30/c1-5-6-11-20-14-17-23(24(20)18-19-9-7-8-10-19)21-12-15-22(16-13-21)25(2,3)4/h5,7-9,12-17,24H,1,6,10-11,18H2,2-4H3. The third-order valence-corrected chi connectivity index (χ3v) is 5.34. The molecule has 0 saturated heterocycles. The third-order valence-electron chi connectivity index (χ3n) is 5.34. The molecule has 1 atom stereocenters. The summed E-state index contributed by atoms with van der Waals surface area (Å²) >= 11 is 0.